The summed E-state index contributed by atoms with van der Waals surface area (Å²) in [5.41, 5.74) is 1.43. The highest BCUT2D eigenvalue weighted by molar-refractivity contribution is 7.09. The molecule has 0 spiro atoms. The maximum Gasteiger partial charge on any atom is 0.119 e. The van der Waals surface area contributed by atoms with Crippen LogP contribution >= 0.6 is 11.3 Å². The molecule has 0 atom stereocenters. The molecule has 0 fully saturated rings. The van der Waals surface area contributed by atoms with E-state index in [0.29, 0.717) is 0 Å². The van der Waals surface area contributed by atoms with Gasteiger partial charge in [-0.1, -0.05) is 0 Å². The highest BCUT2D eigenvalue weighted by Crippen LogP contribution is 2.08. The maximum absolute atomic E-state index is 4.52. The Morgan fingerprint density at radius 3 is 2.92 bits per heavy atom. The number of nitrogens with zero attached hydrogens (tertiary/aromatic N) is 2. The second kappa shape index (κ2) is 3.14. The Morgan fingerprint density at radius 2 is 2.23 bits per heavy atom. The Kier molecular flexibility index (Phi) is 2.12. The van der Waals surface area contributed by atoms with E-state index in [4.69, 9.17) is 0 Å². The highest BCUT2D eigenvalue weighted by atomic mass is 32.1. The fraction of sp³-hybridized carbons (Fsp3) is 0.500. The fourth-order valence-electron chi connectivity index (χ4n) is 1.69. The molecule has 0 N–H and O–H groups in total. The SMILES string of the molecule is Cc1cc2c(s1)=NCCC=2N(C)C. The van der Waals surface area contributed by atoms with Crippen LogP contribution in [-0.2, 0) is 0 Å². The Bertz CT molecular complexity index is 428. The van der Waals surface area contributed by atoms with Crippen molar-refractivity contribution < 1.29 is 0 Å². The first kappa shape index (κ1) is 8.75. The van der Waals surface area contributed by atoms with Gasteiger partial charge >= 0.3 is 0 Å². The standard InChI is InChI=1S/C10H14N2S/c1-7-6-8-9(12(2)3)4-5-11-10(8)13-7/h6H,4-5H2,1-3H3. The van der Waals surface area contributed by atoms with E-state index >= 15 is 0 Å². The number of hydrogen-bond donors (Lipinski definition) is 0. The molecule has 70 valence electrons. The molecule has 13 heavy (non-hydrogen) atoms. The van der Waals surface area contributed by atoms with E-state index in [1.165, 1.54) is 20.5 Å². The van der Waals surface area contributed by atoms with Gasteiger partial charge in [0.1, 0.15) is 4.67 Å². The number of thiophene rings is 1. The molecule has 0 amide bonds. The molecule has 0 bridgehead atoms. The molecule has 1 aliphatic rings. The minimum Gasteiger partial charge on any atom is -0.380 e. The molecule has 2 rings (SSSR count). The first-order chi connectivity index (χ1) is 6.18. The van der Waals surface area contributed by atoms with Crippen LogP contribution in [0.1, 0.15) is 11.3 Å². The number of aryl methyl sites for hydroxylation is 1. The quantitative estimate of drug-likeness (QED) is 0.644. The zero-order valence-electron chi connectivity index (χ0n) is 8.29. The lowest BCUT2D eigenvalue weighted by atomic mass is 10.2. The van der Waals surface area contributed by atoms with E-state index in [0.717, 1.165) is 13.0 Å². The van der Waals surface area contributed by atoms with Gasteiger partial charge in [-0.05, 0) is 13.0 Å². The van der Waals surface area contributed by atoms with Crippen LogP contribution < -0.4 is 9.89 Å². The molecule has 2 heterocycles. The van der Waals surface area contributed by atoms with Gasteiger partial charge in [-0.15, -0.1) is 11.3 Å². The summed E-state index contributed by atoms with van der Waals surface area (Å²) < 4.78 is 1.22. The Hall–Kier alpha value is -0.830. The molecule has 1 aliphatic heterocycles. The third-order valence-electron chi connectivity index (χ3n) is 2.29. The zero-order valence-corrected chi connectivity index (χ0v) is 9.11. The topological polar surface area (TPSA) is 15.6 Å². The van der Waals surface area contributed by atoms with Gasteiger partial charge in [0, 0.05) is 42.9 Å². The molecule has 0 aliphatic carbocycles. The second-order valence-corrected chi connectivity index (χ2v) is 4.78. The highest BCUT2D eigenvalue weighted by Gasteiger charge is 2.08. The van der Waals surface area contributed by atoms with Crippen molar-refractivity contribution >= 4 is 17.0 Å². The Morgan fingerprint density at radius 1 is 1.46 bits per heavy atom. The zero-order chi connectivity index (χ0) is 9.42. The van der Waals surface area contributed by atoms with Gasteiger partial charge in [-0.2, -0.15) is 0 Å². The molecule has 0 saturated heterocycles. The molecule has 2 nitrogen and oxygen atoms in total. The third-order valence-corrected chi connectivity index (χ3v) is 3.27. The van der Waals surface area contributed by atoms with Crippen molar-refractivity contribution in [2.24, 2.45) is 4.99 Å². The average molecular weight is 194 g/mol. The van der Waals surface area contributed by atoms with Gasteiger partial charge in [0.15, 0.2) is 0 Å². The molecule has 0 radical (unpaired) electrons. The van der Waals surface area contributed by atoms with Gasteiger partial charge in [-0.3, -0.25) is 4.99 Å². The van der Waals surface area contributed by atoms with Crippen molar-refractivity contribution in [2.45, 2.75) is 13.3 Å². The van der Waals surface area contributed by atoms with Crippen molar-refractivity contribution in [2.75, 3.05) is 20.6 Å². The molecule has 3 heteroatoms. The normalized spacial score (nSPS) is 15.2. The Labute approximate surface area is 82.2 Å². The van der Waals surface area contributed by atoms with Crippen LogP contribution in [0.5, 0.6) is 0 Å². The maximum atomic E-state index is 4.52. The average Bonchev–Trinajstić information content (AvgIpc) is 2.43. The molecular weight excluding hydrogens is 180 g/mol. The summed E-state index contributed by atoms with van der Waals surface area (Å²) in [6, 6.07) is 2.25. The first-order valence-electron chi connectivity index (χ1n) is 4.50. The van der Waals surface area contributed by atoms with Gasteiger partial charge < -0.3 is 4.90 Å². The molecular formula is C10H14N2S. The van der Waals surface area contributed by atoms with Crippen LogP contribution in [0, 0.1) is 6.92 Å². The number of fused-ring (bicyclic) bond motifs is 1. The molecule has 1 aromatic heterocycles. The largest absolute Gasteiger partial charge is 0.380 e. The van der Waals surface area contributed by atoms with Crippen LogP contribution in [0.2, 0.25) is 0 Å². The lowest BCUT2D eigenvalue weighted by Gasteiger charge is -2.17. The van der Waals surface area contributed by atoms with Crippen molar-refractivity contribution in [3.63, 3.8) is 0 Å². The van der Waals surface area contributed by atoms with Crippen LogP contribution in [0.15, 0.2) is 11.1 Å². The van der Waals surface area contributed by atoms with Gasteiger partial charge in [0.2, 0.25) is 0 Å². The summed E-state index contributed by atoms with van der Waals surface area (Å²) >= 11 is 1.80. The van der Waals surface area contributed by atoms with Crippen molar-refractivity contribution in [1.82, 2.24) is 4.90 Å². The van der Waals surface area contributed by atoms with Crippen LogP contribution in [0.3, 0.4) is 0 Å². The minimum absolute atomic E-state index is 0.945. The number of rotatable bonds is 1. The van der Waals surface area contributed by atoms with Crippen LogP contribution in [-0.4, -0.2) is 25.5 Å². The lowest BCUT2D eigenvalue weighted by Crippen LogP contribution is -2.31. The van der Waals surface area contributed by atoms with Crippen molar-refractivity contribution in [1.29, 1.82) is 0 Å². The summed E-state index contributed by atoms with van der Waals surface area (Å²) in [6.45, 7) is 3.09. The van der Waals surface area contributed by atoms with E-state index in [2.05, 4.69) is 37.0 Å². The van der Waals surface area contributed by atoms with E-state index in [1.807, 2.05) is 0 Å². The van der Waals surface area contributed by atoms with Gasteiger partial charge in [0.05, 0.1) is 0 Å². The predicted octanol–water partition coefficient (Wildman–Crippen LogP) is 0.750. The molecule has 1 aromatic rings. The summed E-state index contributed by atoms with van der Waals surface area (Å²) in [5.74, 6) is 0. The first-order valence-corrected chi connectivity index (χ1v) is 5.31. The summed E-state index contributed by atoms with van der Waals surface area (Å²) in [5, 5.41) is 1.35. The Balaban J connectivity index is 2.75. The van der Waals surface area contributed by atoms with Gasteiger partial charge in [0.25, 0.3) is 0 Å². The summed E-state index contributed by atoms with van der Waals surface area (Å²) in [6.07, 6.45) is 1.08. The van der Waals surface area contributed by atoms with Gasteiger partial charge in [-0.25, -0.2) is 0 Å². The van der Waals surface area contributed by atoms with E-state index in [-0.39, 0.29) is 0 Å². The molecule has 0 saturated carbocycles. The number of hydrogen-bond acceptors (Lipinski definition) is 3. The third kappa shape index (κ3) is 1.48. The van der Waals surface area contributed by atoms with Crippen LogP contribution in [0.4, 0.5) is 0 Å². The molecule has 0 aromatic carbocycles. The summed E-state index contributed by atoms with van der Waals surface area (Å²) in [4.78, 5) is 8.08. The van der Waals surface area contributed by atoms with E-state index < -0.39 is 0 Å². The molecule has 0 unspecified atom stereocenters. The van der Waals surface area contributed by atoms with E-state index in [1.54, 1.807) is 11.3 Å². The smallest absolute Gasteiger partial charge is 0.119 e. The monoisotopic (exact) mass is 194 g/mol. The minimum atomic E-state index is 0.945. The van der Waals surface area contributed by atoms with Crippen LogP contribution in [0.25, 0.3) is 5.70 Å². The second-order valence-electron chi connectivity index (χ2n) is 3.55. The fourth-order valence-corrected chi connectivity index (χ4v) is 2.61. The predicted molar refractivity (Wildman–Crippen MR) is 56.4 cm³/mol. The van der Waals surface area contributed by atoms with Crippen molar-refractivity contribution in [3.8, 4) is 0 Å². The summed E-state index contributed by atoms with van der Waals surface area (Å²) in [7, 11) is 4.22. The lowest BCUT2D eigenvalue weighted by molar-refractivity contribution is 0.558. The van der Waals surface area contributed by atoms with E-state index in [9.17, 15) is 0 Å². The van der Waals surface area contributed by atoms with Crippen molar-refractivity contribution in [3.05, 3.63) is 20.8 Å².